The molecule has 18 heavy (non-hydrogen) atoms. The van der Waals surface area contributed by atoms with Crippen molar-refractivity contribution in [2.45, 2.75) is 13.0 Å². The number of ether oxygens (including phenoxy) is 2. The molecule has 0 saturated carbocycles. The van der Waals surface area contributed by atoms with Gasteiger partial charge in [0.2, 0.25) is 0 Å². The highest BCUT2D eigenvalue weighted by Gasteiger charge is 2.05. The molecular weight excluding hydrogens is 232 g/mol. The third-order valence-electron chi connectivity index (χ3n) is 2.73. The van der Waals surface area contributed by atoms with Gasteiger partial charge in [-0.25, -0.2) is 0 Å². The van der Waals surface area contributed by atoms with E-state index in [0.29, 0.717) is 5.69 Å². The normalized spacial score (nSPS) is 11.3. The molecule has 2 N–H and O–H groups in total. The topological polar surface area (TPSA) is 65.5 Å². The largest absolute Gasteiger partial charge is 0.396 e. The molecule has 0 spiro atoms. The highest BCUT2D eigenvalue weighted by molar-refractivity contribution is 5.30. The predicted molar refractivity (Wildman–Crippen MR) is 71.4 cm³/mol. The van der Waals surface area contributed by atoms with Gasteiger partial charge < -0.3 is 15.2 Å². The molecule has 0 amide bonds. The molecule has 0 aliphatic carbocycles. The van der Waals surface area contributed by atoms with Crippen LogP contribution in [0.4, 0.5) is 5.69 Å². The number of nitrogen functional groups attached to an aromatic ring is 1. The summed E-state index contributed by atoms with van der Waals surface area (Å²) in [5, 5.41) is 4.17. The zero-order valence-corrected chi connectivity index (χ0v) is 11.3. The lowest BCUT2D eigenvalue weighted by Crippen LogP contribution is -2.32. The number of rotatable bonds is 10. The van der Waals surface area contributed by atoms with Crippen LogP contribution in [-0.4, -0.2) is 61.7 Å². The Morgan fingerprint density at radius 2 is 2.00 bits per heavy atom. The molecule has 0 aliphatic rings. The lowest BCUT2D eigenvalue weighted by atomic mass is 10.3. The highest BCUT2D eigenvalue weighted by atomic mass is 16.5. The number of nitrogens with two attached hydrogens (primary N) is 1. The number of aromatic nitrogens is 2. The summed E-state index contributed by atoms with van der Waals surface area (Å²) in [5.41, 5.74) is 6.34. The lowest BCUT2D eigenvalue weighted by molar-refractivity contribution is 0.130. The molecule has 1 aromatic heterocycles. The van der Waals surface area contributed by atoms with E-state index in [1.807, 2.05) is 10.9 Å². The molecule has 0 atom stereocenters. The second-order valence-electron chi connectivity index (χ2n) is 4.22. The van der Waals surface area contributed by atoms with E-state index in [4.69, 9.17) is 15.2 Å². The monoisotopic (exact) mass is 256 g/mol. The summed E-state index contributed by atoms with van der Waals surface area (Å²) in [6.45, 7) is 5.25. The van der Waals surface area contributed by atoms with Gasteiger partial charge in [0.15, 0.2) is 0 Å². The fourth-order valence-electron chi connectivity index (χ4n) is 1.73. The minimum absolute atomic E-state index is 0.706. The van der Waals surface area contributed by atoms with Crippen LogP contribution in [0.5, 0.6) is 0 Å². The third-order valence-corrected chi connectivity index (χ3v) is 2.73. The highest BCUT2D eigenvalue weighted by Crippen LogP contribution is 1.99. The summed E-state index contributed by atoms with van der Waals surface area (Å²) in [6.07, 6.45) is 4.55. The van der Waals surface area contributed by atoms with Crippen molar-refractivity contribution < 1.29 is 9.47 Å². The maximum absolute atomic E-state index is 5.63. The van der Waals surface area contributed by atoms with Crippen LogP contribution >= 0.6 is 0 Å². The minimum Gasteiger partial charge on any atom is -0.396 e. The molecule has 1 rings (SSSR count). The Bertz CT molecular complexity index is 317. The molecule has 1 heterocycles. The van der Waals surface area contributed by atoms with E-state index in [9.17, 15) is 0 Å². The second-order valence-corrected chi connectivity index (χ2v) is 4.22. The fraction of sp³-hybridized carbons (Fsp3) is 0.750. The molecule has 0 fully saturated rings. The number of methoxy groups -OCH3 is 2. The van der Waals surface area contributed by atoms with Gasteiger partial charge in [-0.15, -0.1) is 0 Å². The molecule has 0 unspecified atom stereocenters. The van der Waals surface area contributed by atoms with E-state index in [1.165, 1.54) is 0 Å². The maximum atomic E-state index is 5.63. The third kappa shape index (κ3) is 6.00. The smallest absolute Gasteiger partial charge is 0.0719 e. The van der Waals surface area contributed by atoms with E-state index in [-0.39, 0.29) is 0 Å². The van der Waals surface area contributed by atoms with Crippen LogP contribution in [0.2, 0.25) is 0 Å². The summed E-state index contributed by atoms with van der Waals surface area (Å²) in [6, 6.07) is 0. The SMILES string of the molecule is COCCCN(CCOC)CCn1cc(N)cn1. The predicted octanol–water partition coefficient (Wildman–Crippen LogP) is 0.450. The fourth-order valence-corrected chi connectivity index (χ4v) is 1.73. The van der Waals surface area contributed by atoms with Gasteiger partial charge in [0.05, 0.1) is 25.0 Å². The minimum atomic E-state index is 0.706. The zero-order valence-electron chi connectivity index (χ0n) is 11.3. The first kappa shape index (κ1) is 14.9. The van der Waals surface area contributed by atoms with Crippen LogP contribution in [-0.2, 0) is 16.0 Å². The summed E-state index contributed by atoms with van der Waals surface area (Å²) < 4.78 is 12.1. The van der Waals surface area contributed by atoms with Gasteiger partial charge in [0.1, 0.15) is 0 Å². The lowest BCUT2D eigenvalue weighted by Gasteiger charge is -2.21. The van der Waals surface area contributed by atoms with Crippen molar-refractivity contribution in [1.29, 1.82) is 0 Å². The van der Waals surface area contributed by atoms with E-state index >= 15 is 0 Å². The Labute approximate surface area is 109 Å². The van der Waals surface area contributed by atoms with Crippen LogP contribution < -0.4 is 5.73 Å². The van der Waals surface area contributed by atoms with E-state index in [2.05, 4.69) is 10.00 Å². The van der Waals surface area contributed by atoms with Crippen LogP contribution in [0.25, 0.3) is 0 Å². The van der Waals surface area contributed by atoms with Crippen molar-refractivity contribution in [3.8, 4) is 0 Å². The summed E-state index contributed by atoms with van der Waals surface area (Å²) in [4.78, 5) is 2.35. The molecule has 104 valence electrons. The molecule has 0 radical (unpaired) electrons. The van der Waals surface area contributed by atoms with Gasteiger partial charge >= 0.3 is 0 Å². The van der Waals surface area contributed by atoms with Crippen LogP contribution in [0.3, 0.4) is 0 Å². The number of hydrogen-bond donors (Lipinski definition) is 1. The van der Waals surface area contributed by atoms with Crippen LogP contribution in [0, 0.1) is 0 Å². The molecule has 0 saturated heterocycles. The average molecular weight is 256 g/mol. The second kappa shape index (κ2) is 8.91. The standard InChI is InChI=1S/C12H24N4O2/c1-17-8-3-4-15(7-9-18-2)5-6-16-11-12(13)10-14-16/h10-11H,3-9,13H2,1-2H3. The Morgan fingerprint density at radius 1 is 1.22 bits per heavy atom. The quantitative estimate of drug-likeness (QED) is 0.616. The van der Waals surface area contributed by atoms with Crippen molar-refractivity contribution >= 4 is 5.69 Å². The Kier molecular flexibility index (Phi) is 7.40. The maximum Gasteiger partial charge on any atom is 0.0719 e. The van der Waals surface area contributed by atoms with Gasteiger partial charge in [-0.1, -0.05) is 0 Å². The van der Waals surface area contributed by atoms with Crippen molar-refractivity contribution in [2.24, 2.45) is 0 Å². The van der Waals surface area contributed by atoms with E-state index in [0.717, 1.165) is 45.8 Å². The zero-order chi connectivity index (χ0) is 13.2. The van der Waals surface area contributed by atoms with Crippen molar-refractivity contribution in [2.75, 3.05) is 52.8 Å². The molecule has 6 heteroatoms. The Balaban J connectivity index is 2.29. The van der Waals surface area contributed by atoms with Crippen molar-refractivity contribution in [3.63, 3.8) is 0 Å². The number of hydrogen-bond acceptors (Lipinski definition) is 5. The molecule has 0 aliphatic heterocycles. The van der Waals surface area contributed by atoms with Crippen molar-refractivity contribution in [1.82, 2.24) is 14.7 Å². The molecule has 1 aromatic rings. The first-order valence-electron chi connectivity index (χ1n) is 6.24. The van der Waals surface area contributed by atoms with E-state index < -0.39 is 0 Å². The molecular formula is C12H24N4O2. The van der Waals surface area contributed by atoms with Gasteiger partial charge in [-0.05, 0) is 6.42 Å². The number of nitrogens with zero attached hydrogens (tertiary/aromatic N) is 3. The Hall–Kier alpha value is -1.11. The first-order chi connectivity index (χ1) is 8.76. The molecule has 0 aromatic carbocycles. The Morgan fingerprint density at radius 3 is 2.61 bits per heavy atom. The average Bonchev–Trinajstić information content (AvgIpc) is 2.78. The first-order valence-corrected chi connectivity index (χ1v) is 6.24. The summed E-state index contributed by atoms with van der Waals surface area (Å²) in [7, 11) is 3.45. The van der Waals surface area contributed by atoms with Gasteiger partial charge in [0.25, 0.3) is 0 Å². The van der Waals surface area contributed by atoms with Crippen LogP contribution in [0.15, 0.2) is 12.4 Å². The molecule has 0 bridgehead atoms. The van der Waals surface area contributed by atoms with Gasteiger partial charge in [0, 0.05) is 46.7 Å². The van der Waals surface area contributed by atoms with E-state index in [1.54, 1.807) is 20.4 Å². The van der Waals surface area contributed by atoms with Gasteiger partial charge in [-0.2, -0.15) is 5.10 Å². The van der Waals surface area contributed by atoms with Crippen molar-refractivity contribution in [3.05, 3.63) is 12.4 Å². The number of anilines is 1. The van der Waals surface area contributed by atoms with Gasteiger partial charge in [-0.3, -0.25) is 9.58 Å². The summed E-state index contributed by atoms with van der Waals surface area (Å²) >= 11 is 0. The summed E-state index contributed by atoms with van der Waals surface area (Å²) in [5.74, 6) is 0. The molecule has 6 nitrogen and oxygen atoms in total. The van der Waals surface area contributed by atoms with Crippen LogP contribution in [0.1, 0.15) is 6.42 Å².